The average Bonchev–Trinajstić information content (AvgIpc) is 2.61. The molecule has 27 heavy (non-hydrogen) atoms. The summed E-state index contributed by atoms with van der Waals surface area (Å²) < 4.78 is 39.2. The maximum absolute atomic E-state index is 13.1. The quantitative estimate of drug-likeness (QED) is 0.495. The first-order chi connectivity index (χ1) is 12.7. The van der Waals surface area contributed by atoms with Gasteiger partial charge in [-0.25, -0.2) is 0 Å². The number of piperidine rings is 1. The van der Waals surface area contributed by atoms with Crippen molar-refractivity contribution in [1.82, 2.24) is 4.90 Å². The minimum absolute atomic E-state index is 0.00927. The lowest BCUT2D eigenvalue weighted by Crippen LogP contribution is -2.45. The van der Waals surface area contributed by atoms with Crippen LogP contribution in [0.2, 0.25) is 5.02 Å². The van der Waals surface area contributed by atoms with Crippen LogP contribution in [0.1, 0.15) is 30.4 Å². The minimum Gasteiger partial charge on any atom is -0.385 e. The molecule has 1 aromatic carbocycles. The molecule has 2 rings (SSSR count). The zero-order valence-electron chi connectivity index (χ0n) is 14.6. The van der Waals surface area contributed by atoms with Gasteiger partial charge in [-0.3, -0.25) is 4.79 Å². The van der Waals surface area contributed by atoms with Crippen LogP contribution in [-0.2, 0) is 16.6 Å². The molecule has 1 heterocycles. The highest BCUT2D eigenvalue weighted by Gasteiger charge is 2.39. The Labute approximate surface area is 169 Å². The second kappa shape index (κ2) is 9.73. The normalized spacial score (nSPS) is 17.2. The van der Waals surface area contributed by atoms with Crippen molar-refractivity contribution in [2.75, 3.05) is 31.1 Å². The number of carbonyl (C=O) groups is 1. The molecule has 0 aliphatic carbocycles. The number of alkyl halides is 3. The predicted octanol–water partition coefficient (Wildman–Crippen LogP) is 3.90. The van der Waals surface area contributed by atoms with Crippen molar-refractivity contribution in [3.63, 3.8) is 0 Å². The van der Waals surface area contributed by atoms with Gasteiger partial charge in [0.05, 0.1) is 16.2 Å². The van der Waals surface area contributed by atoms with Gasteiger partial charge in [0, 0.05) is 37.6 Å². The van der Waals surface area contributed by atoms with Crippen LogP contribution >= 0.6 is 33.2 Å². The number of benzene rings is 1. The Morgan fingerprint density at radius 1 is 1.26 bits per heavy atom. The lowest BCUT2D eigenvalue weighted by atomic mass is 9.83. The van der Waals surface area contributed by atoms with Gasteiger partial charge in [0.15, 0.2) is 0 Å². The van der Waals surface area contributed by atoms with E-state index in [-0.39, 0.29) is 24.3 Å². The van der Waals surface area contributed by atoms with Gasteiger partial charge in [-0.2, -0.15) is 13.2 Å². The van der Waals surface area contributed by atoms with Crippen LogP contribution in [0.3, 0.4) is 0 Å². The molecule has 0 aromatic heterocycles. The van der Waals surface area contributed by atoms with Crippen molar-refractivity contribution < 1.29 is 23.1 Å². The number of rotatable bonds is 7. The molecule has 0 atom stereocenters. The highest BCUT2D eigenvalue weighted by atomic mass is 35.5. The first-order valence-electron chi connectivity index (χ1n) is 8.49. The molecule has 0 radical (unpaired) electrons. The number of halogens is 4. The lowest BCUT2D eigenvalue weighted by Gasteiger charge is -2.39. The number of likely N-dealkylation sites (tertiary alicyclic amines) is 1. The van der Waals surface area contributed by atoms with Gasteiger partial charge < -0.3 is 15.7 Å². The van der Waals surface area contributed by atoms with Gasteiger partial charge in [0.2, 0.25) is 5.91 Å². The predicted molar refractivity (Wildman–Crippen MR) is 105 cm³/mol. The van der Waals surface area contributed by atoms with Crippen LogP contribution in [0.4, 0.5) is 13.2 Å². The van der Waals surface area contributed by atoms with Gasteiger partial charge in [-0.15, -0.1) is 0 Å². The van der Waals surface area contributed by atoms with E-state index in [2.05, 4.69) is 0 Å². The summed E-state index contributed by atoms with van der Waals surface area (Å²) in [6.07, 6.45) is -3.82. The lowest BCUT2D eigenvalue weighted by molar-refractivity contribution is -0.137. The summed E-state index contributed by atoms with van der Waals surface area (Å²) in [5.74, 6) is 1.50. The number of aliphatic hydroxyl groups is 1. The summed E-state index contributed by atoms with van der Waals surface area (Å²) in [5, 5.41) is 10.4. The molecule has 4 nitrogen and oxygen atoms in total. The third-order valence-electron chi connectivity index (χ3n) is 4.44. The Bertz CT molecular complexity index is 654. The van der Waals surface area contributed by atoms with E-state index in [0.717, 1.165) is 17.9 Å². The zero-order chi connectivity index (χ0) is 20.1. The van der Waals surface area contributed by atoms with Gasteiger partial charge in [0.25, 0.3) is 0 Å². The number of amides is 1. The van der Waals surface area contributed by atoms with E-state index in [1.165, 1.54) is 6.07 Å². The van der Waals surface area contributed by atoms with Gasteiger partial charge >= 0.3 is 6.18 Å². The van der Waals surface area contributed by atoms with Crippen LogP contribution < -0.4 is 5.73 Å². The molecule has 0 unspecified atom stereocenters. The first kappa shape index (κ1) is 22.7. The molecule has 0 spiro atoms. The first-order valence-corrected chi connectivity index (χ1v) is 11.4. The van der Waals surface area contributed by atoms with Crippen LogP contribution in [0, 0.1) is 0 Å². The summed E-state index contributed by atoms with van der Waals surface area (Å²) in [6, 6.07) is 3.48. The zero-order valence-corrected chi connectivity index (χ0v) is 17.0. The maximum atomic E-state index is 13.1. The van der Waals surface area contributed by atoms with E-state index in [4.69, 9.17) is 17.3 Å². The van der Waals surface area contributed by atoms with Crippen molar-refractivity contribution in [2.45, 2.75) is 31.0 Å². The molecule has 3 N–H and O–H groups in total. The van der Waals surface area contributed by atoms with E-state index < -0.39 is 22.4 Å². The number of carbonyl (C=O) groups excluding carboxylic acids is 1. The summed E-state index contributed by atoms with van der Waals surface area (Å²) in [4.78, 5) is 13.9. The van der Waals surface area contributed by atoms with E-state index in [9.17, 15) is 23.1 Å². The fourth-order valence-corrected chi connectivity index (χ4v) is 4.96. The van der Waals surface area contributed by atoms with Crippen LogP contribution in [0.5, 0.6) is 0 Å². The van der Waals surface area contributed by atoms with Crippen LogP contribution in [0.25, 0.3) is 0 Å². The number of hydrogen-bond acceptors (Lipinski definition) is 5. The van der Waals surface area contributed by atoms with E-state index in [1.54, 1.807) is 26.5 Å². The Morgan fingerprint density at radius 3 is 2.48 bits per heavy atom. The Kier molecular flexibility index (Phi) is 8.18. The molecular weight excluding hydrogens is 421 g/mol. The van der Waals surface area contributed by atoms with Gasteiger partial charge in [-0.1, -0.05) is 39.3 Å². The second-order valence-electron chi connectivity index (χ2n) is 6.29. The summed E-state index contributed by atoms with van der Waals surface area (Å²) >= 11 is 5.64. The van der Waals surface area contributed by atoms with Crippen molar-refractivity contribution in [3.05, 3.63) is 34.3 Å². The molecule has 1 amide bonds. The molecular formula is C17H22ClF3N2O2S2. The third kappa shape index (κ3) is 6.19. The fourth-order valence-electron chi connectivity index (χ4n) is 2.90. The standard InChI is InChI=1S/C17H22ClF3N2O2S2/c18-14-2-1-12(11-13(14)17(19,20)21)16(25)4-7-23(8-5-16)15(24)3-9-26-27-10-6-22/h1-2,11,25H,3-10,22H2. The SMILES string of the molecule is NCCSSCCC(=O)N1CCC(O)(c2ccc(Cl)c(C(F)(F)F)c2)CC1. The van der Waals surface area contributed by atoms with Crippen molar-refractivity contribution in [2.24, 2.45) is 5.73 Å². The Balaban J connectivity index is 1.95. The molecule has 0 bridgehead atoms. The molecule has 152 valence electrons. The van der Waals surface area contributed by atoms with Gasteiger partial charge in [0.1, 0.15) is 0 Å². The highest BCUT2D eigenvalue weighted by molar-refractivity contribution is 8.76. The summed E-state index contributed by atoms with van der Waals surface area (Å²) in [5.41, 5.74) is 3.23. The van der Waals surface area contributed by atoms with Crippen molar-refractivity contribution in [3.8, 4) is 0 Å². The second-order valence-corrected chi connectivity index (χ2v) is 9.40. The molecule has 1 aliphatic rings. The minimum atomic E-state index is -4.58. The highest BCUT2D eigenvalue weighted by Crippen LogP contribution is 2.40. The Hall–Kier alpha value is -0.610. The number of hydrogen-bond donors (Lipinski definition) is 2. The van der Waals surface area contributed by atoms with Gasteiger partial charge in [-0.05, 0) is 30.5 Å². The molecule has 1 fully saturated rings. The van der Waals surface area contributed by atoms with Crippen LogP contribution in [-0.4, -0.2) is 47.1 Å². The number of nitrogens with two attached hydrogens (primary N) is 1. The maximum Gasteiger partial charge on any atom is 0.417 e. The summed E-state index contributed by atoms with van der Waals surface area (Å²) in [6.45, 7) is 1.21. The van der Waals surface area contributed by atoms with Crippen molar-refractivity contribution >= 4 is 39.1 Å². The molecule has 10 heteroatoms. The fraction of sp³-hybridized carbons (Fsp3) is 0.588. The monoisotopic (exact) mass is 442 g/mol. The van der Waals surface area contributed by atoms with E-state index in [0.29, 0.717) is 31.8 Å². The number of nitrogens with zero attached hydrogens (tertiary/aromatic N) is 1. The Morgan fingerprint density at radius 2 is 1.89 bits per heavy atom. The molecule has 0 saturated carbocycles. The molecule has 1 aromatic rings. The largest absolute Gasteiger partial charge is 0.417 e. The topological polar surface area (TPSA) is 66.6 Å². The molecule has 1 saturated heterocycles. The van der Waals surface area contributed by atoms with Crippen LogP contribution in [0.15, 0.2) is 18.2 Å². The summed E-state index contributed by atoms with van der Waals surface area (Å²) in [7, 11) is 3.21. The smallest absolute Gasteiger partial charge is 0.385 e. The van der Waals surface area contributed by atoms with E-state index >= 15 is 0 Å². The van der Waals surface area contributed by atoms with Crippen molar-refractivity contribution in [1.29, 1.82) is 0 Å². The molecule has 1 aliphatic heterocycles. The van der Waals surface area contributed by atoms with E-state index in [1.807, 2.05) is 0 Å². The average molecular weight is 443 g/mol. The third-order valence-corrected chi connectivity index (χ3v) is 7.21.